The SMILES string of the molecule is O=C1c2cccc3c(N4CCCC4)c(Br)cc(c23)C(=O)N1OCc1ccccc1. The van der Waals surface area contributed by atoms with Crippen LogP contribution in [0.5, 0.6) is 0 Å². The number of carbonyl (C=O) groups excluding carboxylic acids is 2. The van der Waals surface area contributed by atoms with Crippen LogP contribution in [0.2, 0.25) is 0 Å². The van der Waals surface area contributed by atoms with E-state index in [1.807, 2.05) is 48.5 Å². The molecule has 5 rings (SSSR count). The van der Waals surface area contributed by atoms with Gasteiger partial charge in [0, 0.05) is 28.3 Å². The highest BCUT2D eigenvalue weighted by atomic mass is 79.9. The topological polar surface area (TPSA) is 49.9 Å². The molecule has 0 radical (unpaired) electrons. The van der Waals surface area contributed by atoms with Crippen molar-refractivity contribution in [3.8, 4) is 0 Å². The van der Waals surface area contributed by atoms with Gasteiger partial charge in [0.25, 0.3) is 11.8 Å². The van der Waals surface area contributed by atoms with E-state index in [0.29, 0.717) is 16.5 Å². The first kappa shape index (κ1) is 18.3. The summed E-state index contributed by atoms with van der Waals surface area (Å²) in [6.45, 7) is 2.10. The number of rotatable bonds is 4. The third kappa shape index (κ3) is 3.03. The van der Waals surface area contributed by atoms with Crippen LogP contribution in [0.15, 0.2) is 59.1 Å². The molecule has 2 amide bonds. The molecule has 29 heavy (non-hydrogen) atoms. The van der Waals surface area contributed by atoms with Gasteiger partial charge in [0.15, 0.2) is 0 Å². The Morgan fingerprint density at radius 3 is 2.38 bits per heavy atom. The lowest BCUT2D eigenvalue weighted by Gasteiger charge is -2.29. The number of nitrogens with zero attached hydrogens (tertiary/aromatic N) is 2. The molecule has 6 heteroatoms. The summed E-state index contributed by atoms with van der Waals surface area (Å²) in [6, 6.07) is 16.9. The van der Waals surface area contributed by atoms with Crippen LogP contribution in [0.4, 0.5) is 5.69 Å². The molecular formula is C23H19BrN2O3. The summed E-state index contributed by atoms with van der Waals surface area (Å²) in [5.41, 5.74) is 2.93. The normalized spacial score (nSPS) is 16.2. The van der Waals surface area contributed by atoms with Crippen molar-refractivity contribution in [1.82, 2.24) is 5.06 Å². The number of halogens is 1. The number of benzene rings is 3. The zero-order valence-electron chi connectivity index (χ0n) is 15.7. The molecule has 1 saturated heterocycles. The van der Waals surface area contributed by atoms with Crippen LogP contribution >= 0.6 is 15.9 Å². The molecule has 0 atom stereocenters. The highest BCUT2D eigenvalue weighted by Gasteiger charge is 2.36. The Kier molecular flexibility index (Phi) is 4.60. The predicted octanol–water partition coefficient (Wildman–Crippen LogP) is 4.93. The number of hydrogen-bond donors (Lipinski definition) is 0. The van der Waals surface area contributed by atoms with Crippen LogP contribution in [0, 0.1) is 0 Å². The van der Waals surface area contributed by atoms with Gasteiger partial charge in [-0.15, -0.1) is 5.06 Å². The molecule has 0 spiro atoms. The minimum atomic E-state index is -0.427. The zero-order chi connectivity index (χ0) is 20.0. The lowest BCUT2D eigenvalue weighted by Crippen LogP contribution is -2.40. The predicted molar refractivity (Wildman–Crippen MR) is 115 cm³/mol. The van der Waals surface area contributed by atoms with Crippen molar-refractivity contribution in [1.29, 1.82) is 0 Å². The van der Waals surface area contributed by atoms with Gasteiger partial charge in [0.1, 0.15) is 6.61 Å². The van der Waals surface area contributed by atoms with Crippen LogP contribution < -0.4 is 4.90 Å². The van der Waals surface area contributed by atoms with Gasteiger partial charge in [0.2, 0.25) is 0 Å². The number of anilines is 1. The van der Waals surface area contributed by atoms with E-state index < -0.39 is 11.8 Å². The van der Waals surface area contributed by atoms with Gasteiger partial charge in [0.05, 0.1) is 16.8 Å². The Bertz CT molecular complexity index is 1120. The highest BCUT2D eigenvalue weighted by molar-refractivity contribution is 9.10. The standard InChI is InChI=1S/C23H19BrN2O3/c24-19-13-18-20-16(21(19)25-11-4-5-12-25)9-6-10-17(20)22(27)26(23(18)28)29-14-15-7-2-1-3-8-15/h1-3,6-10,13H,4-5,11-12,14H2. The zero-order valence-corrected chi connectivity index (χ0v) is 17.3. The summed E-state index contributed by atoms with van der Waals surface area (Å²) in [6.07, 6.45) is 2.29. The lowest BCUT2D eigenvalue weighted by atomic mass is 9.93. The fourth-order valence-electron chi connectivity index (χ4n) is 4.19. The quantitative estimate of drug-likeness (QED) is 0.528. The van der Waals surface area contributed by atoms with Crippen molar-refractivity contribution in [2.75, 3.05) is 18.0 Å². The van der Waals surface area contributed by atoms with Gasteiger partial charge in [-0.1, -0.05) is 42.5 Å². The van der Waals surface area contributed by atoms with Crippen LogP contribution in [0.3, 0.4) is 0 Å². The number of imide groups is 1. The van der Waals surface area contributed by atoms with E-state index >= 15 is 0 Å². The lowest BCUT2D eigenvalue weighted by molar-refractivity contribution is -0.104. The number of hydroxylamine groups is 2. The van der Waals surface area contributed by atoms with Gasteiger partial charge < -0.3 is 4.90 Å². The molecular weight excluding hydrogens is 432 g/mol. The molecule has 3 aromatic carbocycles. The summed E-state index contributed by atoms with van der Waals surface area (Å²) < 4.78 is 0.866. The third-order valence-electron chi connectivity index (χ3n) is 5.54. The molecule has 3 aromatic rings. The molecule has 2 heterocycles. The number of hydrogen-bond acceptors (Lipinski definition) is 4. The summed E-state index contributed by atoms with van der Waals surface area (Å²) in [7, 11) is 0. The molecule has 0 aliphatic carbocycles. The smallest absolute Gasteiger partial charge is 0.285 e. The van der Waals surface area contributed by atoms with Gasteiger partial charge in [-0.2, -0.15) is 0 Å². The maximum absolute atomic E-state index is 13.2. The second-order valence-corrected chi connectivity index (χ2v) is 8.19. The summed E-state index contributed by atoms with van der Waals surface area (Å²) in [5.74, 6) is -0.845. The summed E-state index contributed by atoms with van der Waals surface area (Å²) in [5, 5.41) is 2.54. The van der Waals surface area contributed by atoms with Crippen molar-refractivity contribution < 1.29 is 14.4 Å². The Hall–Kier alpha value is -2.70. The van der Waals surface area contributed by atoms with Gasteiger partial charge >= 0.3 is 0 Å². The molecule has 0 N–H and O–H groups in total. The van der Waals surface area contributed by atoms with Crippen LogP contribution in [-0.2, 0) is 11.4 Å². The van der Waals surface area contributed by atoms with Crippen molar-refractivity contribution >= 4 is 44.2 Å². The van der Waals surface area contributed by atoms with E-state index in [-0.39, 0.29) is 6.61 Å². The van der Waals surface area contributed by atoms with E-state index in [9.17, 15) is 9.59 Å². The van der Waals surface area contributed by atoms with Gasteiger partial charge in [-0.05, 0) is 46.5 Å². The Balaban J connectivity index is 1.58. The molecule has 0 aromatic heterocycles. The van der Waals surface area contributed by atoms with E-state index in [1.165, 1.54) is 0 Å². The summed E-state index contributed by atoms with van der Waals surface area (Å²) in [4.78, 5) is 34.3. The first-order valence-electron chi connectivity index (χ1n) is 9.71. The fourth-order valence-corrected chi connectivity index (χ4v) is 4.88. The minimum absolute atomic E-state index is 0.149. The van der Waals surface area contributed by atoms with Crippen LogP contribution in [-0.4, -0.2) is 30.0 Å². The van der Waals surface area contributed by atoms with E-state index in [0.717, 1.165) is 52.1 Å². The van der Waals surface area contributed by atoms with E-state index in [2.05, 4.69) is 20.8 Å². The first-order valence-corrected chi connectivity index (χ1v) is 10.5. The summed E-state index contributed by atoms with van der Waals surface area (Å²) >= 11 is 3.67. The molecule has 2 aliphatic rings. The second-order valence-electron chi connectivity index (χ2n) is 7.34. The molecule has 146 valence electrons. The van der Waals surface area contributed by atoms with Gasteiger partial charge in [-0.25, -0.2) is 0 Å². The highest BCUT2D eigenvalue weighted by Crippen LogP contribution is 2.42. The van der Waals surface area contributed by atoms with Crippen molar-refractivity contribution in [3.63, 3.8) is 0 Å². The van der Waals surface area contributed by atoms with Gasteiger partial charge in [-0.3, -0.25) is 14.4 Å². The second kappa shape index (κ2) is 7.28. The van der Waals surface area contributed by atoms with Crippen molar-refractivity contribution in [2.24, 2.45) is 0 Å². The first-order chi connectivity index (χ1) is 14.1. The Morgan fingerprint density at radius 1 is 0.897 bits per heavy atom. The van der Waals surface area contributed by atoms with Crippen LogP contribution in [0.1, 0.15) is 39.1 Å². The van der Waals surface area contributed by atoms with E-state index in [4.69, 9.17) is 4.84 Å². The van der Waals surface area contributed by atoms with Crippen molar-refractivity contribution in [3.05, 3.63) is 75.8 Å². The molecule has 0 unspecified atom stereocenters. The molecule has 5 nitrogen and oxygen atoms in total. The molecule has 1 fully saturated rings. The van der Waals surface area contributed by atoms with Crippen LogP contribution in [0.25, 0.3) is 10.8 Å². The third-order valence-corrected chi connectivity index (χ3v) is 6.15. The Morgan fingerprint density at radius 2 is 1.62 bits per heavy atom. The molecule has 0 saturated carbocycles. The Labute approximate surface area is 176 Å². The van der Waals surface area contributed by atoms with E-state index in [1.54, 1.807) is 6.07 Å². The maximum Gasteiger partial charge on any atom is 0.285 e. The number of carbonyl (C=O) groups is 2. The van der Waals surface area contributed by atoms with Crippen molar-refractivity contribution in [2.45, 2.75) is 19.4 Å². The maximum atomic E-state index is 13.2. The minimum Gasteiger partial charge on any atom is -0.370 e. The number of amides is 2. The largest absolute Gasteiger partial charge is 0.370 e. The fraction of sp³-hybridized carbons (Fsp3) is 0.217. The molecule has 2 aliphatic heterocycles. The molecule has 0 bridgehead atoms. The monoisotopic (exact) mass is 450 g/mol. The average molecular weight is 451 g/mol. The average Bonchev–Trinajstić information content (AvgIpc) is 3.26.